The number of nitrogens with zero attached hydrogens (tertiary/aromatic N) is 1. The lowest BCUT2D eigenvalue weighted by atomic mass is 10.1. The lowest BCUT2D eigenvalue weighted by Crippen LogP contribution is -2.26. The van der Waals surface area contributed by atoms with E-state index in [1.807, 2.05) is 0 Å². The van der Waals surface area contributed by atoms with Gasteiger partial charge in [-0.25, -0.2) is 22.9 Å². The van der Waals surface area contributed by atoms with Crippen LogP contribution < -0.4 is 4.72 Å². The van der Waals surface area contributed by atoms with Crippen LogP contribution in [-0.2, 0) is 16.4 Å². The molecule has 7 nitrogen and oxygen atoms in total. The van der Waals surface area contributed by atoms with E-state index < -0.39 is 16.0 Å². The number of rotatable bonds is 6. The Bertz CT molecular complexity index is 752. The maximum atomic E-state index is 12.0. The summed E-state index contributed by atoms with van der Waals surface area (Å²) in [5.41, 5.74) is 0.752. The Hall–Kier alpha value is -2.19. The first kappa shape index (κ1) is 15.2. The van der Waals surface area contributed by atoms with Gasteiger partial charge >= 0.3 is 5.97 Å². The van der Waals surface area contributed by atoms with Crippen LogP contribution in [0.5, 0.6) is 0 Å². The van der Waals surface area contributed by atoms with E-state index >= 15 is 0 Å². The maximum absolute atomic E-state index is 12.0. The highest BCUT2D eigenvalue weighted by Crippen LogP contribution is 2.10. The number of sulfonamides is 1. The molecule has 2 rings (SSSR count). The van der Waals surface area contributed by atoms with E-state index in [-0.39, 0.29) is 23.6 Å². The Balaban J connectivity index is 2.03. The van der Waals surface area contributed by atoms with Gasteiger partial charge in [0.2, 0.25) is 0 Å². The number of benzene rings is 1. The highest BCUT2D eigenvalue weighted by Gasteiger charge is 2.16. The molecular formula is C13H15N3O4S. The number of carboxylic acids is 1. The summed E-state index contributed by atoms with van der Waals surface area (Å²) in [6, 6.07) is 6.50. The molecular weight excluding hydrogens is 294 g/mol. The van der Waals surface area contributed by atoms with Gasteiger partial charge in [0.25, 0.3) is 10.0 Å². The number of hydrogen-bond donors (Lipinski definition) is 3. The first-order valence-electron chi connectivity index (χ1n) is 6.22. The molecule has 0 saturated heterocycles. The van der Waals surface area contributed by atoms with E-state index in [0.717, 1.165) is 0 Å². The van der Waals surface area contributed by atoms with Crippen LogP contribution in [0.4, 0.5) is 0 Å². The first-order valence-corrected chi connectivity index (χ1v) is 7.71. The van der Waals surface area contributed by atoms with Crippen LogP contribution >= 0.6 is 0 Å². The normalized spacial score (nSPS) is 11.5. The number of carbonyl (C=O) groups is 1. The van der Waals surface area contributed by atoms with Gasteiger partial charge in [-0.1, -0.05) is 18.2 Å². The highest BCUT2D eigenvalue weighted by atomic mass is 32.2. The second kappa shape index (κ2) is 6.06. The fourth-order valence-electron chi connectivity index (χ4n) is 1.88. The molecule has 0 saturated carbocycles. The van der Waals surface area contributed by atoms with Crippen molar-refractivity contribution in [3.8, 4) is 0 Å². The lowest BCUT2D eigenvalue weighted by molar-refractivity contribution is 0.0695. The molecule has 21 heavy (non-hydrogen) atoms. The molecule has 0 fully saturated rings. The number of H-pyrrole nitrogens is 1. The van der Waals surface area contributed by atoms with Crippen molar-refractivity contribution in [1.82, 2.24) is 14.7 Å². The van der Waals surface area contributed by atoms with Crippen LogP contribution in [0, 0.1) is 6.92 Å². The minimum Gasteiger partial charge on any atom is -0.478 e. The lowest BCUT2D eigenvalue weighted by Gasteiger charge is -2.07. The largest absolute Gasteiger partial charge is 0.478 e. The van der Waals surface area contributed by atoms with Gasteiger partial charge in [-0.05, 0) is 25.0 Å². The Kier molecular flexibility index (Phi) is 4.39. The monoisotopic (exact) mass is 309 g/mol. The average Bonchev–Trinajstić information content (AvgIpc) is 2.86. The Labute approximate surface area is 122 Å². The molecule has 0 spiro atoms. The van der Waals surface area contributed by atoms with Crippen molar-refractivity contribution in [2.45, 2.75) is 18.4 Å². The summed E-state index contributed by atoms with van der Waals surface area (Å²) in [6.07, 6.45) is 1.53. The number of aryl methyl sites for hydroxylation is 1. The summed E-state index contributed by atoms with van der Waals surface area (Å²) in [7, 11) is -3.66. The Morgan fingerprint density at radius 3 is 2.71 bits per heavy atom. The fourth-order valence-corrected chi connectivity index (χ4v) is 2.88. The third-order valence-electron chi connectivity index (χ3n) is 2.90. The third kappa shape index (κ3) is 3.67. The molecule has 0 aliphatic rings. The SMILES string of the molecule is Cc1ncc(S(=O)(=O)NCCc2ccccc2C(=O)O)[nH]1. The van der Waals surface area contributed by atoms with Gasteiger partial charge in [0.05, 0.1) is 11.8 Å². The van der Waals surface area contributed by atoms with Crippen LogP contribution in [0.1, 0.15) is 21.7 Å². The van der Waals surface area contributed by atoms with Crippen LogP contribution in [-0.4, -0.2) is 36.0 Å². The minimum absolute atomic E-state index is 0.00785. The third-order valence-corrected chi connectivity index (χ3v) is 4.27. The molecule has 0 atom stereocenters. The number of aromatic carboxylic acids is 1. The zero-order chi connectivity index (χ0) is 15.5. The van der Waals surface area contributed by atoms with Gasteiger partial charge in [-0.15, -0.1) is 0 Å². The fraction of sp³-hybridized carbons (Fsp3) is 0.231. The van der Waals surface area contributed by atoms with Crippen molar-refractivity contribution < 1.29 is 18.3 Å². The molecule has 112 valence electrons. The van der Waals surface area contributed by atoms with E-state index in [0.29, 0.717) is 11.4 Å². The molecule has 0 aliphatic heterocycles. The van der Waals surface area contributed by atoms with Crippen LogP contribution in [0.3, 0.4) is 0 Å². The Morgan fingerprint density at radius 2 is 2.10 bits per heavy atom. The smallest absolute Gasteiger partial charge is 0.335 e. The second-order valence-electron chi connectivity index (χ2n) is 4.44. The molecule has 1 aromatic heterocycles. The number of imidazole rings is 1. The van der Waals surface area contributed by atoms with E-state index in [2.05, 4.69) is 14.7 Å². The molecule has 2 aromatic rings. The number of nitrogens with one attached hydrogen (secondary N) is 2. The standard InChI is InChI=1S/C13H15N3O4S/c1-9-14-8-12(16-9)21(19,20)15-7-6-10-4-2-3-5-11(10)13(17)18/h2-5,8,15H,6-7H2,1H3,(H,14,16)(H,17,18). The van der Waals surface area contributed by atoms with Gasteiger partial charge in [0.1, 0.15) is 5.82 Å². The van der Waals surface area contributed by atoms with Gasteiger partial charge in [0, 0.05) is 6.54 Å². The summed E-state index contributed by atoms with van der Waals surface area (Å²) < 4.78 is 26.3. The Morgan fingerprint density at radius 1 is 1.38 bits per heavy atom. The predicted molar refractivity (Wildman–Crippen MR) is 75.6 cm³/mol. The van der Waals surface area contributed by atoms with E-state index in [9.17, 15) is 13.2 Å². The van der Waals surface area contributed by atoms with Crippen molar-refractivity contribution in [3.05, 3.63) is 47.4 Å². The summed E-state index contributed by atoms with van der Waals surface area (Å²) in [5.74, 6) is -0.524. The van der Waals surface area contributed by atoms with Crippen molar-refractivity contribution in [3.63, 3.8) is 0 Å². The quantitative estimate of drug-likeness (QED) is 0.735. The maximum Gasteiger partial charge on any atom is 0.335 e. The number of aromatic nitrogens is 2. The predicted octanol–water partition coefficient (Wildman–Crippen LogP) is 0.937. The summed E-state index contributed by atoms with van der Waals surface area (Å²) in [5, 5.41) is 9.05. The zero-order valence-electron chi connectivity index (χ0n) is 11.3. The molecule has 0 radical (unpaired) electrons. The van der Waals surface area contributed by atoms with E-state index in [1.165, 1.54) is 12.3 Å². The zero-order valence-corrected chi connectivity index (χ0v) is 12.1. The molecule has 0 unspecified atom stereocenters. The minimum atomic E-state index is -3.66. The van der Waals surface area contributed by atoms with Gasteiger partial charge < -0.3 is 10.1 Å². The molecule has 0 aliphatic carbocycles. The second-order valence-corrected chi connectivity index (χ2v) is 6.18. The topological polar surface area (TPSA) is 112 Å². The summed E-state index contributed by atoms with van der Waals surface area (Å²) in [6.45, 7) is 1.76. The van der Waals surface area contributed by atoms with Gasteiger partial charge in [-0.3, -0.25) is 0 Å². The van der Waals surface area contributed by atoms with Crippen LogP contribution in [0.15, 0.2) is 35.5 Å². The van der Waals surface area contributed by atoms with Gasteiger partial charge in [0.15, 0.2) is 5.03 Å². The molecule has 0 bridgehead atoms. The molecule has 1 aromatic carbocycles. The van der Waals surface area contributed by atoms with Crippen molar-refractivity contribution in [2.24, 2.45) is 0 Å². The van der Waals surface area contributed by atoms with Crippen LogP contribution in [0.25, 0.3) is 0 Å². The number of carboxylic acid groups (broad SMARTS) is 1. The van der Waals surface area contributed by atoms with Gasteiger partial charge in [-0.2, -0.15) is 0 Å². The van der Waals surface area contributed by atoms with E-state index in [1.54, 1.807) is 25.1 Å². The molecule has 8 heteroatoms. The molecule has 0 amide bonds. The summed E-state index contributed by atoms with van der Waals surface area (Å²) in [4.78, 5) is 17.5. The first-order chi connectivity index (χ1) is 9.90. The van der Waals surface area contributed by atoms with Crippen molar-refractivity contribution in [2.75, 3.05) is 6.54 Å². The average molecular weight is 309 g/mol. The van der Waals surface area contributed by atoms with Crippen molar-refractivity contribution >= 4 is 16.0 Å². The van der Waals surface area contributed by atoms with E-state index in [4.69, 9.17) is 5.11 Å². The molecule has 1 heterocycles. The molecule has 3 N–H and O–H groups in total. The number of aromatic amines is 1. The highest BCUT2D eigenvalue weighted by molar-refractivity contribution is 7.89. The summed E-state index contributed by atoms with van der Waals surface area (Å²) >= 11 is 0. The number of hydrogen-bond acceptors (Lipinski definition) is 4. The van der Waals surface area contributed by atoms with Crippen molar-refractivity contribution in [1.29, 1.82) is 0 Å². The van der Waals surface area contributed by atoms with Crippen LogP contribution in [0.2, 0.25) is 0 Å².